The number of hydrogen-bond acceptors (Lipinski definition) is 4. The average molecular weight is 471 g/mol. The molecule has 1 saturated heterocycles. The standard InChI is InChI=1S/C22H23ClF4N4O/c1-11(12-2-3-12)30-21(32)17-9-29-20(22(25,26)27)18(13-6-14(23)8-15(24)7-13)19(17)31-5-4-16(28)10-31/h6-9,11-12,16H,2-5,10,28H2,1H3,(H,30,32)/t11?,16-/m0/s1. The predicted molar refractivity (Wildman–Crippen MR) is 114 cm³/mol. The van der Waals surface area contributed by atoms with Gasteiger partial charge in [-0.3, -0.25) is 9.78 Å². The van der Waals surface area contributed by atoms with Crippen molar-refractivity contribution in [3.05, 3.63) is 46.5 Å². The second-order valence-electron chi connectivity index (χ2n) is 8.49. The first-order valence-electron chi connectivity index (χ1n) is 10.4. The Hall–Kier alpha value is -2.39. The summed E-state index contributed by atoms with van der Waals surface area (Å²) >= 11 is 5.96. The molecule has 10 heteroatoms. The van der Waals surface area contributed by atoms with Crippen LogP contribution in [0.5, 0.6) is 0 Å². The molecule has 1 aromatic heterocycles. The smallest absolute Gasteiger partial charge is 0.369 e. The number of pyridine rings is 1. The summed E-state index contributed by atoms with van der Waals surface area (Å²) in [6.45, 7) is 2.48. The van der Waals surface area contributed by atoms with Crippen molar-refractivity contribution in [1.29, 1.82) is 0 Å². The third-order valence-electron chi connectivity index (χ3n) is 5.94. The van der Waals surface area contributed by atoms with Crippen LogP contribution in [0.25, 0.3) is 11.1 Å². The number of alkyl halides is 3. The fourth-order valence-electron chi connectivity index (χ4n) is 4.17. The third-order valence-corrected chi connectivity index (χ3v) is 6.16. The minimum atomic E-state index is -4.83. The summed E-state index contributed by atoms with van der Waals surface area (Å²) in [5, 5.41) is 2.81. The average Bonchev–Trinajstić information content (AvgIpc) is 3.46. The Morgan fingerprint density at radius 1 is 1.28 bits per heavy atom. The Morgan fingerprint density at radius 3 is 2.56 bits per heavy atom. The fourth-order valence-corrected chi connectivity index (χ4v) is 4.39. The van der Waals surface area contributed by atoms with Gasteiger partial charge in [0.25, 0.3) is 5.91 Å². The third kappa shape index (κ3) is 4.68. The van der Waals surface area contributed by atoms with Gasteiger partial charge in [-0.1, -0.05) is 11.6 Å². The highest BCUT2D eigenvalue weighted by atomic mass is 35.5. The SMILES string of the molecule is CC(NC(=O)c1cnc(C(F)(F)F)c(-c2cc(F)cc(Cl)c2)c1N1CC[C@H](N)C1)C1CC1. The van der Waals surface area contributed by atoms with Crippen LogP contribution in [0.4, 0.5) is 23.2 Å². The molecule has 1 aromatic carbocycles. The minimum Gasteiger partial charge on any atom is -0.369 e. The van der Waals surface area contributed by atoms with Crippen molar-refractivity contribution < 1.29 is 22.4 Å². The Balaban J connectivity index is 1.93. The quantitative estimate of drug-likeness (QED) is 0.625. The molecule has 2 heterocycles. The highest BCUT2D eigenvalue weighted by Crippen LogP contribution is 2.44. The molecular weight excluding hydrogens is 448 g/mol. The number of anilines is 1. The number of carbonyl (C=O) groups excluding carboxylic acids is 1. The Kier molecular flexibility index (Phi) is 6.06. The largest absolute Gasteiger partial charge is 0.434 e. The molecule has 4 rings (SSSR count). The first-order valence-corrected chi connectivity index (χ1v) is 10.8. The van der Waals surface area contributed by atoms with Crippen LogP contribution in [0.15, 0.2) is 24.4 Å². The van der Waals surface area contributed by atoms with E-state index in [9.17, 15) is 22.4 Å². The van der Waals surface area contributed by atoms with Crippen molar-refractivity contribution in [1.82, 2.24) is 10.3 Å². The van der Waals surface area contributed by atoms with E-state index in [1.807, 2.05) is 6.92 Å². The lowest BCUT2D eigenvalue weighted by molar-refractivity contribution is -0.140. The number of aromatic nitrogens is 1. The number of nitrogens with zero attached hydrogens (tertiary/aromatic N) is 2. The molecule has 172 valence electrons. The van der Waals surface area contributed by atoms with Crippen LogP contribution < -0.4 is 16.0 Å². The van der Waals surface area contributed by atoms with E-state index in [1.54, 1.807) is 4.90 Å². The van der Waals surface area contributed by atoms with Gasteiger partial charge < -0.3 is 16.0 Å². The van der Waals surface area contributed by atoms with Gasteiger partial charge in [-0.05, 0) is 55.9 Å². The van der Waals surface area contributed by atoms with Crippen LogP contribution in [0, 0.1) is 11.7 Å². The maximum Gasteiger partial charge on any atom is 0.434 e. The summed E-state index contributed by atoms with van der Waals surface area (Å²) in [6, 6.07) is 2.83. The van der Waals surface area contributed by atoms with Crippen LogP contribution in [-0.4, -0.2) is 36.1 Å². The maximum absolute atomic E-state index is 14.1. The normalized spacial score (nSPS) is 19.8. The van der Waals surface area contributed by atoms with Crippen LogP contribution in [0.2, 0.25) is 5.02 Å². The molecular formula is C22H23ClF4N4O. The molecule has 2 aliphatic rings. The molecule has 1 saturated carbocycles. The maximum atomic E-state index is 14.1. The minimum absolute atomic E-state index is 0.00464. The zero-order valence-electron chi connectivity index (χ0n) is 17.3. The van der Waals surface area contributed by atoms with Gasteiger partial charge in [-0.2, -0.15) is 13.2 Å². The predicted octanol–water partition coefficient (Wildman–Crippen LogP) is 4.63. The fraction of sp³-hybridized carbons (Fsp3) is 0.455. The van der Waals surface area contributed by atoms with Crippen LogP contribution in [0.1, 0.15) is 42.2 Å². The molecule has 2 aromatic rings. The molecule has 2 fully saturated rings. The van der Waals surface area contributed by atoms with Crippen molar-refractivity contribution in [2.24, 2.45) is 11.7 Å². The summed E-state index contributed by atoms with van der Waals surface area (Å²) in [5.74, 6) is -0.960. The molecule has 3 N–H and O–H groups in total. The zero-order chi connectivity index (χ0) is 23.2. The Bertz CT molecular complexity index is 1020. The summed E-state index contributed by atoms with van der Waals surface area (Å²) in [5.41, 5.74) is 4.37. The van der Waals surface area contributed by atoms with Crippen LogP contribution in [0.3, 0.4) is 0 Å². The molecule has 1 aliphatic carbocycles. The Morgan fingerprint density at radius 2 is 2.00 bits per heavy atom. The van der Waals surface area contributed by atoms with E-state index in [2.05, 4.69) is 10.3 Å². The monoisotopic (exact) mass is 470 g/mol. The Labute approximate surface area is 187 Å². The highest BCUT2D eigenvalue weighted by molar-refractivity contribution is 6.31. The number of nitrogens with one attached hydrogen (secondary N) is 1. The molecule has 0 radical (unpaired) electrons. The number of halogens is 5. The molecule has 5 nitrogen and oxygen atoms in total. The number of carbonyl (C=O) groups is 1. The van der Waals surface area contributed by atoms with Gasteiger partial charge in [-0.25, -0.2) is 4.39 Å². The lowest BCUT2D eigenvalue weighted by Crippen LogP contribution is -2.36. The summed E-state index contributed by atoms with van der Waals surface area (Å²) in [4.78, 5) is 18.4. The number of amides is 1. The second-order valence-corrected chi connectivity index (χ2v) is 8.93. The van der Waals surface area contributed by atoms with Crippen molar-refractivity contribution in [3.63, 3.8) is 0 Å². The van der Waals surface area contributed by atoms with E-state index in [1.165, 1.54) is 6.07 Å². The van der Waals surface area contributed by atoms with Crippen molar-refractivity contribution in [2.75, 3.05) is 18.0 Å². The van der Waals surface area contributed by atoms with Gasteiger partial charge in [0.15, 0.2) is 5.69 Å². The number of hydrogen-bond donors (Lipinski definition) is 2. The van der Waals surface area contributed by atoms with Crippen LogP contribution >= 0.6 is 11.6 Å². The molecule has 1 amide bonds. The van der Waals surface area contributed by atoms with E-state index in [4.69, 9.17) is 17.3 Å². The molecule has 32 heavy (non-hydrogen) atoms. The van der Waals surface area contributed by atoms with Gasteiger partial charge in [0.2, 0.25) is 0 Å². The van der Waals surface area contributed by atoms with Crippen LogP contribution in [-0.2, 0) is 6.18 Å². The highest BCUT2D eigenvalue weighted by Gasteiger charge is 2.40. The molecule has 1 unspecified atom stereocenters. The van der Waals surface area contributed by atoms with Crippen molar-refractivity contribution >= 4 is 23.2 Å². The molecule has 0 bridgehead atoms. The van der Waals surface area contributed by atoms with Gasteiger partial charge >= 0.3 is 6.18 Å². The number of benzene rings is 1. The van der Waals surface area contributed by atoms with Gasteiger partial charge in [0.1, 0.15) is 5.82 Å². The topological polar surface area (TPSA) is 71.2 Å². The molecule has 1 aliphatic heterocycles. The molecule has 0 spiro atoms. The summed E-state index contributed by atoms with van der Waals surface area (Å²) in [7, 11) is 0. The number of nitrogens with two attached hydrogens (primary N) is 1. The number of rotatable bonds is 5. The van der Waals surface area contributed by atoms with Gasteiger partial charge in [-0.15, -0.1) is 0 Å². The van der Waals surface area contributed by atoms with E-state index in [0.717, 1.165) is 31.2 Å². The zero-order valence-corrected chi connectivity index (χ0v) is 18.1. The van der Waals surface area contributed by atoms with Crippen molar-refractivity contribution in [2.45, 2.75) is 44.4 Å². The van der Waals surface area contributed by atoms with E-state index in [0.29, 0.717) is 18.9 Å². The molecule has 2 atom stereocenters. The lowest BCUT2D eigenvalue weighted by atomic mass is 9.97. The second kappa shape index (κ2) is 8.51. The lowest BCUT2D eigenvalue weighted by Gasteiger charge is -2.27. The first kappa shape index (κ1) is 22.8. The van der Waals surface area contributed by atoms with Crippen molar-refractivity contribution in [3.8, 4) is 11.1 Å². The van der Waals surface area contributed by atoms with E-state index < -0.39 is 23.6 Å². The van der Waals surface area contributed by atoms with Gasteiger partial charge in [0, 0.05) is 42.0 Å². The van der Waals surface area contributed by atoms with E-state index in [-0.39, 0.29) is 46.0 Å². The summed E-state index contributed by atoms with van der Waals surface area (Å²) in [6.07, 6.45) is -1.35. The first-order chi connectivity index (χ1) is 15.0. The van der Waals surface area contributed by atoms with Gasteiger partial charge in [0.05, 0.1) is 11.3 Å². The van der Waals surface area contributed by atoms with E-state index >= 15 is 0 Å². The summed E-state index contributed by atoms with van der Waals surface area (Å²) < 4.78 is 56.1.